The maximum atomic E-state index is 11.7. The highest BCUT2D eigenvalue weighted by atomic mass is 32.2. The lowest BCUT2D eigenvalue weighted by atomic mass is 9.95. The molecule has 0 aromatic carbocycles. The molecule has 0 radical (unpaired) electrons. The highest BCUT2D eigenvalue weighted by Crippen LogP contribution is 2.16. The Morgan fingerprint density at radius 2 is 1.69 bits per heavy atom. The molecule has 0 bridgehead atoms. The molecular formula is C12H27NO2S. The summed E-state index contributed by atoms with van der Waals surface area (Å²) in [5, 5.41) is 3.12. The van der Waals surface area contributed by atoms with E-state index in [0.29, 0.717) is 17.7 Å². The minimum absolute atomic E-state index is 0.251. The molecule has 0 spiro atoms. The second-order valence-corrected chi connectivity index (χ2v) is 7.40. The summed E-state index contributed by atoms with van der Waals surface area (Å²) in [6.45, 7) is 10.8. The van der Waals surface area contributed by atoms with Crippen molar-refractivity contribution < 1.29 is 8.42 Å². The van der Waals surface area contributed by atoms with Gasteiger partial charge in [0.25, 0.3) is 0 Å². The number of sulfone groups is 1. The van der Waals surface area contributed by atoms with E-state index in [2.05, 4.69) is 26.1 Å². The molecule has 0 aromatic rings. The van der Waals surface area contributed by atoms with Gasteiger partial charge in [0, 0.05) is 6.04 Å². The Morgan fingerprint density at radius 3 is 2.06 bits per heavy atom. The van der Waals surface area contributed by atoms with Gasteiger partial charge in [-0.25, -0.2) is 8.42 Å². The molecule has 0 rings (SSSR count). The topological polar surface area (TPSA) is 46.2 Å². The summed E-state index contributed by atoms with van der Waals surface area (Å²) in [5.74, 6) is 0.771. The van der Waals surface area contributed by atoms with Crippen molar-refractivity contribution in [3.05, 3.63) is 0 Å². The predicted molar refractivity (Wildman–Crippen MR) is 70.5 cm³/mol. The van der Waals surface area contributed by atoms with E-state index in [4.69, 9.17) is 0 Å². The van der Waals surface area contributed by atoms with Gasteiger partial charge in [0.05, 0.1) is 11.0 Å². The van der Waals surface area contributed by atoms with E-state index in [9.17, 15) is 8.42 Å². The van der Waals surface area contributed by atoms with Gasteiger partial charge in [-0.15, -0.1) is 0 Å². The van der Waals surface area contributed by atoms with Gasteiger partial charge < -0.3 is 5.32 Å². The van der Waals surface area contributed by atoms with Crippen molar-refractivity contribution in [2.24, 2.45) is 5.92 Å². The predicted octanol–water partition coefficient (Wildman–Crippen LogP) is 2.22. The van der Waals surface area contributed by atoms with E-state index < -0.39 is 9.84 Å². The van der Waals surface area contributed by atoms with Crippen molar-refractivity contribution >= 4 is 9.84 Å². The van der Waals surface area contributed by atoms with Gasteiger partial charge in [-0.05, 0) is 39.7 Å². The Labute approximate surface area is 101 Å². The Balaban J connectivity index is 4.25. The van der Waals surface area contributed by atoms with Crippen molar-refractivity contribution in [3.8, 4) is 0 Å². The van der Waals surface area contributed by atoms with Crippen LogP contribution >= 0.6 is 0 Å². The number of hydrogen-bond donors (Lipinski definition) is 1. The van der Waals surface area contributed by atoms with Crippen molar-refractivity contribution in [2.45, 2.75) is 58.8 Å². The minimum atomic E-state index is -2.88. The summed E-state index contributed by atoms with van der Waals surface area (Å²) in [4.78, 5) is 0. The molecule has 3 nitrogen and oxygen atoms in total. The summed E-state index contributed by atoms with van der Waals surface area (Å²) >= 11 is 0. The van der Waals surface area contributed by atoms with Crippen LogP contribution in [-0.2, 0) is 9.84 Å². The zero-order valence-electron chi connectivity index (χ0n) is 11.3. The maximum absolute atomic E-state index is 11.7. The highest BCUT2D eigenvalue weighted by Gasteiger charge is 2.21. The summed E-state index contributed by atoms with van der Waals surface area (Å²) in [5.41, 5.74) is 0. The lowest BCUT2D eigenvalue weighted by Crippen LogP contribution is -2.34. The first kappa shape index (κ1) is 15.9. The minimum Gasteiger partial charge on any atom is -0.314 e. The molecule has 0 heterocycles. The second-order valence-electron chi connectivity index (χ2n) is 4.72. The molecule has 0 aromatic heterocycles. The average Bonchev–Trinajstić information content (AvgIpc) is 2.18. The van der Waals surface area contributed by atoms with Crippen LogP contribution in [0.3, 0.4) is 0 Å². The molecule has 2 unspecified atom stereocenters. The molecule has 2 atom stereocenters. The molecule has 0 aliphatic carbocycles. The largest absolute Gasteiger partial charge is 0.314 e. The van der Waals surface area contributed by atoms with E-state index in [1.165, 1.54) is 0 Å². The zero-order valence-corrected chi connectivity index (χ0v) is 12.1. The van der Waals surface area contributed by atoms with Gasteiger partial charge in [-0.2, -0.15) is 0 Å². The Kier molecular flexibility index (Phi) is 7.24. The molecule has 0 saturated carbocycles. The van der Waals surface area contributed by atoms with Gasteiger partial charge >= 0.3 is 0 Å². The first-order valence-electron chi connectivity index (χ1n) is 6.30. The fourth-order valence-corrected chi connectivity index (χ4v) is 2.95. The van der Waals surface area contributed by atoms with Crippen molar-refractivity contribution in [3.63, 3.8) is 0 Å². The normalized spacial score (nSPS) is 16.4. The van der Waals surface area contributed by atoms with Crippen molar-refractivity contribution in [2.75, 3.05) is 12.3 Å². The lowest BCUT2D eigenvalue weighted by Gasteiger charge is -2.23. The van der Waals surface area contributed by atoms with Gasteiger partial charge in [-0.1, -0.05) is 20.3 Å². The van der Waals surface area contributed by atoms with E-state index in [-0.39, 0.29) is 5.25 Å². The van der Waals surface area contributed by atoms with E-state index >= 15 is 0 Å². The quantitative estimate of drug-likeness (QED) is 0.717. The van der Waals surface area contributed by atoms with E-state index in [0.717, 1.165) is 19.4 Å². The lowest BCUT2D eigenvalue weighted by molar-refractivity contribution is 0.360. The van der Waals surface area contributed by atoms with Crippen LogP contribution in [0.5, 0.6) is 0 Å². The zero-order chi connectivity index (χ0) is 12.8. The summed E-state index contributed by atoms with van der Waals surface area (Å²) in [6, 6.07) is 0.400. The third-order valence-electron chi connectivity index (χ3n) is 3.25. The monoisotopic (exact) mass is 249 g/mol. The molecule has 4 heteroatoms. The molecule has 0 aliphatic rings. The summed E-state index contributed by atoms with van der Waals surface area (Å²) < 4.78 is 23.4. The third-order valence-corrected chi connectivity index (χ3v) is 5.49. The van der Waals surface area contributed by atoms with Crippen LogP contribution in [0, 0.1) is 5.92 Å². The molecule has 0 aliphatic heterocycles. The molecule has 1 N–H and O–H groups in total. The third kappa shape index (κ3) is 5.30. The fraction of sp³-hybridized carbons (Fsp3) is 1.00. The fourth-order valence-electron chi connectivity index (χ4n) is 1.85. The maximum Gasteiger partial charge on any atom is 0.152 e. The van der Waals surface area contributed by atoms with Crippen LogP contribution in [0.4, 0.5) is 0 Å². The summed E-state index contributed by atoms with van der Waals surface area (Å²) in [7, 11) is -2.88. The number of rotatable bonds is 8. The van der Waals surface area contributed by atoms with Crippen molar-refractivity contribution in [1.82, 2.24) is 5.32 Å². The average molecular weight is 249 g/mol. The first-order valence-corrected chi connectivity index (χ1v) is 8.01. The number of nitrogens with one attached hydrogen (secondary N) is 1. The molecule has 0 amide bonds. The highest BCUT2D eigenvalue weighted by molar-refractivity contribution is 7.91. The van der Waals surface area contributed by atoms with Crippen molar-refractivity contribution in [1.29, 1.82) is 0 Å². The molecule has 16 heavy (non-hydrogen) atoms. The van der Waals surface area contributed by atoms with Crippen LogP contribution in [0.2, 0.25) is 0 Å². The molecule has 0 saturated heterocycles. The second kappa shape index (κ2) is 7.28. The van der Waals surface area contributed by atoms with Crippen LogP contribution in [0.25, 0.3) is 0 Å². The number of hydrogen-bond acceptors (Lipinski definition) is 3. The Bertz CT molecular complexity index is 273. The van der Waals surface area contributed by atoms with Gasteiger partial charge in [0.2, 0.25) is 0 Å². The standard InChI is InChI=1S/C12H27NO2S/c1-6-12(11(5)13-7-2)8-9-16(14,15)10(3)4/h10-13H,6-9H2,1-5H3. The first-order chi connectivity index (χ1) is 7.35. The Morgan fingerprint density at radius 1 is 1.12 bits per heavy atom. The van der Waals surface area contributed by atoms with Crippen LogP contribution in [-0.4, -0.2) is 32.0 Å². The smallest absolute Gasteiger partial charge is 0.152 e. The van der Waals surface area contributed by atoms with Gasteiger partial charge in [0.1, 0.15) is 0 Å². The van der Waals surface area contributed by atoms with Gasteiger partial charge in [-0.3, -0.25) is 0 Å². The summed E-state index contributed by atoms with van der Waals surface area (Å²) in [6.07, 6.45) is 1.80. The van der Waals surface area contributed by atoms with Gasteiger partial charge in [0.15, 0.2) is 9.84 Å². The van der Waals surface area contributed by atoms with Crippen LogP contribution < -0.4 is 5.32 Å². The van der Waals surface area contributed by atoms with E-state index in [1.54, 1.807) is 13.8 Å². The molecular weight excluding hydrogens is 222 g/mol. The molecule has 98 valence electrons. The van der Waals surface area contributed by atoms with Crippen LogP contribution in [0.15, 0.2) is 0 Å². The molecule has 0 fully saturated rings. The Hall–Kier alpha value is -0.0900. The SMILES string of the molecule is CCNC(C)C(CC)CCS(=O)(=O)C(C)C. The van der Waals surface area contributed by atoms with E-state index in [1.807, 2.05) is 0 Å². The van der Waals surface area contributed by atoms with Crippen LogP contribution in [0.1, 0.15) is 47.5 Å².